The third kappa shape index (κ3) is 5.51. The molecule has 4 N–H and O–H groups in total. The van der Waals surface area contributed by atoms with E-state index in [1.54, 1.807) is 23.6 Å². The lowest BCUT2D eigenvalue weighted by Gasteiger charge is -2.40. The first-order valence-electron chi connectivity index (χ1n) is 11.1. The van der Waals surface area contributed by atoms with Gasteiger partial charge in [-0.15, -0.1) is 11.3 Å². The molecule has 0 spiro atoms. The van der Waals surface area contributed by atoms with E-state index in [4.69, 9.17) is 5.73 Å². The van der Waals surface area contributed by atoms with Crippen molar-refractivity contribution in [1.82, 2.24) is 10.3 Å². The van der Waals surface area contributed by atoms with Crippen molar-refractivity contribution in [3.8, 4) is 10.4 Å². The number of benzene rings is 1. The van der Waals surface area contributed by atoms with Crippen LogP contribution in [0.1, 0.15) is 36.5 Å². The number of anilines is 3. The van der Waals surface area contributed by atoms with Gasteiger partial charge >= 0.3 is 0 Å². The summed E-state index contributed by atoms with van der Waals surface area (Å²) in [6.45, 7) is 4.80. The molecule has 1 saturated heterocycles. The maximum Gasteiger partial charge on any atom is 0.257 e. The highest BCUT2D eigenvalue weighted by molar-refractivity contribution is 7.13. The molecule has 33 heavy (non-hydrogen) atoms. The first-order chi connectivity index (χ1) is 16.0. The van der Waals surface area contributed by atoms with Crippen LogP contribution in [0.15, 0.2) is 54.0 Å². The number of nitrogens with one attached hydrogen (secondary N) is 2. The number of hydrogen-bond acceptors (Lipinski definition) is 6. The average Bonchev–Trinajstić information content (AvgIpc) is 3.36. The second-order valence-electron chi connectivity index (χ2n) is 8.76. The zero-order chi connectivity index (χ0) is 23.3. The van der Waals surface area contributed by atoms with Gasteiger partial charge in [-0.2, -0.15) is 0 Å². The van der Waals surface area contributed by atoms with E-state index in [1.807, 2.05) is 41.8 Å². The molecule has 7 nitrogen and oxygen atoms in total. The van der Waals surface area contributed by atoms with Gasteiger partial charge in [-0.25, -0.2) is 4.98 Å². The first kappa shape index (κ1) is 22.8. The minimum Gasteiger partial charge on any atom is -0.397 e. The van der Waals surface area contributed by atoms with Crippen LogP contribution in [0, 0.1) is 5.41 Å². The molecule has 1 aliphatic heterocycles. The van der Waals surface area contributed by atoms with E-state index >= 15 is 0 Å². The average molecular weight is 464 g/mol. The van der Waals surface area contributed by atoms with E-state index < -0.39 is 0 Å². The van der Waals surface area contributed by atoms with Crippen LogP contribution in [0.2, 0.25) is 0 Å². The van der Waals surface area contributed by atoms with E-state index in [1.165, 1.54) is 0 Å². The Bertz CT molecular complexity index is 1090. The van der Waals surface area contributed by atoms with Gasteiger partial charge in [0.1, 0.15) is 5.82 Å². The van der Waals surface area contributed by atoms with E-state index in [2.05, 4.69) is 27.4 Å². The van der Waals surface area contributed by atoms with Gasteiger partial charge in [0.25, 0.3) is 5.91 Å². The number of nitrogens with zero attached hydrogens (tertiary/aromatic N) is 2. The predicted octanol–water partition coefficient (Wildman–Crippen LogP) is 4.39. The van der Waals surface area contributed by atoms with Crippen LogP contribution in [0.3, 0.4) is 0 Å². The van der Waals surface area contributed by atoms with Crippen LogP contribution in [0.4, 0.5) is 17.2 Å². The van der Waals surface area contributed by atoms with Crippen LogP contribution >= 0.6 is 11.3 Å². The molecule has 3 aromatic rings. The van der Waals surface area contributed by atoms with Gasteiger partial charge in [0.15, 0.2) is 0 Å². The molecule has 0 saturated carbocycles. The van der Waals surface area contributed by atoms with Gasteiger partial charge in [0, 0.05) is 30.7 Å². The summed E-state index contributed by atoms with van der Waals surface area (Å²) in [6.07, 6.45) is 5.43. The quantitative estimate of drug-likeness (QED) is 0.261. The smallest absolute Gasteiger partial charge is 0.257 e. The molecular weight excluding hydrogens is 434 g/mol. The van der Waals surface area contributed by atoms with Crippen LogP contribution in [-0.2, 0) is 4.79 Å². The highest BCUT2D eigenvalue weighted by Gasteiger charge is 2.30. The van der Waals surface area contributed by atoms with Crippen molar-refractivity contribution in [2.45, 2.75) is 26.2 Å². The van der Waals surface area contributed by atoms with Crippen molar-refractivity contribution in [1.29, 1.82) is 0 Å². The Morgan fingerprint density at radius 2 is 2.06 bits per heavy atom. The fourth-order valence-electron chi connectivity index (χ4n) is 4.12. The Labute approximate surface area is 198 Å². The Hall–Kier alpha value is -3.39. The molecule has 0 atom stereocenters. The minimum atomic E-state index is -0.238. The summed E-state index contributed by atoms with van der Waals surface area (Å²) in [5, 5.41) is 7.70. The SMILES string of the molecule is CC1(CCNC=O)CCN(c2ccc(C(=O)Nc3cc(-c4cccs4)ccc3N)cn2)CC1. The standard InChI is InChI=1S/C25H29N5O2S/c1-25(8-11-27-17-31)9-12-30(13-10-25)23-7-5-19(16-28-23)24(32)29-21-15-18(4-6-20(21)26)22-3-2-14-33-22/h2-7,14-17H,8-13,26H2,1H3,(H,27,31)(H,29,32). The zero-order valence-electron chi connectivity index (χ0n) is 18.7. The van der Waals surface area contributed by atoms with Crippen molar-refractivity contribution in [3.63, 3.8) is 0 Å². The fourth-order valence-corrected chi connectivity index (χ4v) is 4.84. The van der Waals surface area contributed by atoms with E-state index in [-0.39, 0.29) is 11.3 Å². The van der Waals surface area contributed by atoms with Gasteiger partial charge < -0.3 is 21.3 Å². The van der Waals surface area contributed by atoms with Gasteiger partial charge in [0.2, 0.25) is 6.41 Å². The third-order valence-corrected chi connectivity index (χ3v) is 7.29. The first-order valence-corrected chi connectivity index (χ1v) is 12.0. The summed E-state index contributed by atoms with van der Waals surface area (Å²) in [4.78, 5) is 31.2. The Morgan fingerprint density at radius 1 is 1.24 bits per heavy atom. The molecule has 172 valence electrons. The lowest BCUT2D eigenvalue weighted by Crippen LogP contribution is -2.40. The maximum atomic E-state index is 12.8. The van der Waals surface area contributed by atoms with Crippen LogP contribution in [-0.4, -0.2) is 36.9 Å². The summed E-state index contributed by atoms with van der Waals surface area (Å²) in [6, 6.07) is 13.4. The molecular formula is C25H29N5O2S. The van der Waals surface area contributed by atoms with Crippen molar-refractivity contribution < 1.29 is 9.59 Å². The minimum absolute atomic E-state index is 0.226. The fraction of sp³-hybridized carbons (Fsp3) is 0.320. The number of pyridine rings is 1. The molecule has 0 aliphatic carbocycles. The molecule has 1 aromatic carbocycles. The summed E-state index contributed by atoms with van der Waals surface area (Å²) >= 11 is 1.64. The zero-order valence-corrected chi connectivity index (χ0v) is 19.5. The molecule has 4 rings (SSSR count). The number of thiophene rings is 1. The van der Waals surface area contributed by atoms with Crippen molar-refractivity contribution >= 4 is 40.8 Å². The number of carbonyl (C=O) groups is 2. The second-order valence-corrected chi connectivity index (χ2v) is 9.71. The van der Waals surface area contributed by atoms with Crippen LogP contribution in [0.25, 0.3) is 10.4 Å². The van der Waals surface area contributed by atoms with Crippen molar-refractivity contribution in [3.05, 3.63) is 59.6 Å². The summed E-state index contributed by atoms with van der Waals surface area (Å²) in [5.74, 6) is 0.636. The molecule has 0 bridgehead atoms. The summed E-state index contributed by atoms with van der Waals surface area (Å²) in [5.41, 5.74) is 8.94. The molecule has 1 aliphatic rings. The molecule has 1 fully saturated rings. The van der Waals surface area contributed by atoms with Crippen molar-refractivity contribution in [2.75, 3.05) is 35.6 Å². The van der Waals surface area contributed by atoms with Gasteiger partial charge in [-0.05, 0) is 66.0 Å². The van der Waals surface area contributed by atoms with Gasteiger partial charge in [-0.3, -0.25) is 9.59 Å². The summed E-state index contributed by atoms with van der Waals surface area (Å²) < 4.78 is 0. The number of amides is 2. The number of nitrogens with two attached hydrogens (primary N) is 1. The monoisotopic (exact) mass is 463 g/mol. The van der Waals surface area contributed by atoms with Gasteiger partial charge in [-0.1, -0.05) is 19.1 Å². The predicted molar refractivity (Wildman–Crippen MR) is 135 cm³/mol. The normalized spacial score (nSPS) is 15.1. The van der Waals surface area contributed by atoms with E-state index in [0.29, 0.717) is 23.5 Å². The number of nitrogen functional groups attached to an aromatic ring is 1. The van der Waals surface area contributed by atoms with Crippen LogP contribution < -0.4 is 21.3 Å². The van der Waals surface area contributed by atoms with E-state index in [9.17, 15) is 9.59 Å². The number of carbonyl (C=O) groups excluding carboxylic acids is 2. The van der Waals surface area contributed by atoms with Crippen LogP contribution in [0.5, 0.6) is 0 Å². The molecule has 0 radical (unpaired) electrons. The summed E-state index contributed by atoms with van der Waals surface area (Å²) in [7, 11) is 0. The molecule has 3 heterocycles. The Balaban J connectivity index is 1.37. The lowest BCUT2D eigenvalue weighted by atomic mass is 9.77. The molecule has 8 heteroatoms. The Morgan fingerprint density at radius 3 is 2.73 bits per heavy atom. The van der Waals surface area contributed by atoms with Crippen molar-refractivity contribution in [2.24, 2.45) is 5.41 Å². The second kappa shape index (κ2) is 10.0. The van der Waals surface area contributed by atoms with E-state index in [0.717, 1.165) is 55.0 Å². The lowest BCUT2D eigenvalue weighted by molar-refractivity contribution is -0.109. The maximum absolute atomic E-state index is 12.8. The molecule has 2 aromatic heterocycles. The third-order valence-electron chi connectivity index (χ3n) is 6.37. The highest BCUT2D eigenvalue weighted by atomic mass is 32.1. The number of rotatable bonds is 8. The Kier molecular flexibility index (Phi) is 6.93. The number of aromatic nitrogens is 1. The largest absolute Gasteiger partial charge is 0.397 e. The molecule has 0 unspecified atom stereocenters. The topological polar surface area (TPSA) is 100 Å². The molecule has 2 amide bonds. The number of hydrogen-bond donors (Lipinski definition) is 3. The number of piperidine rings is 1. The van der Waals surface area contributed by atoms with Gasteiger partial charge in [0.05, 0.1) is 16.9 Å². The highest BCUT2D eigenvalue weighted by Crippen LogP contribution is 2.35.